The molecule has 0 saturated carbocycles. The molecule has 5 N–H and O–H groups in total. The monoisotopic (exact) mass is 585 g/mol. The minimum absolute atomic E-state index is 0.260. The van der Waals surface area contributed by atoms with Crippen LogP contribution in [0.3, 0.4) is 0 Å². The van der Waals surface area contributed by atoms with Crippen molar-refractivity contribution in [1.29, 1.82) is 0 Å². The first kappa shape index (κ1) is 31.3. The van der Waals surface area contributed by atoms with Gasteiger partial charge in [0.1, 0.15) is 6.10 Å². The quantitative estimate of drug-likeness (QED) is 0.169. The Morgan fingerprint density at radius 3 is 2.43 bits per heavy atom. The van der Waals surface area contributed by atoms with E-state index in [-0.39, 0.29) is 16.9 Å². The topological polar surface area (TPSA) is 115 Å². The number of anilines is 1. The second kappa shape index (κ2) is 13.5. The number of nitrogens with two attached hydrogens (primary N) is 2. The van der Waals surface area contributed by atoms with Gasteiger partial charge >= 0.3 is 0 Å². The van der Waals surface area contributed by atoms with Crippen molar-refractivity contribution < 1.29 is 14.6 Å². The van der Waals surface area contributed by atoms with Gasteiger partial charge in [-0.05, 0) is 83.9 Å². The number of methoxy groups -OCH3 is 1. The van der Waals surface area contributed by atoms with Crippen LogP contribution in [0.15, 0.2) is 65.9 Å². The maximum Gasteiger partial charge on any atom is 0.153 e. The lowest BCUT2D eigenvalue weighted by Crippen LogP contribution is -2.26. The van der Waals surface area contributed by atoms with Gasteiger partial charge in [-0.25, -0.2) is 16.7 Å². The SMILES string of the molecule is C=C1C(COC)=C(C(O)C=O)C=C2c3nc4cc5c(cc4c(Cc4ccc(N)cc4)c3CN12)CCC5.C=[S-](=C)N.CC. The van der Waals surface area contributed by atoms with E-state index in [2.05, 4.69) is 47.5 Å². The molecule has 1 unspecified atom stereocenters. The van der Waals surface area contributed by atoms with Crippen molar-refractivity contribution in [3.63, 3.8) is 0 Å². The number of benzene rings is 2. The number of pyridine rings is 1. The fourth-order valence-corrected chi connectivity index (χ4v) is 5.83. The molecule has 0 bridgehead atoms. The van der Waals surface area contributed by atoms with Crippen LogP contribution in [-0.4, -0.2) is 52.8 Å². The maximum atomic E-state index is 11.5. The van der Waals surface area contributed by atoms with Gasteiger partial charge in [0.15, 0.2) is 6.29 Å². The number of rotatable bonds is 6. The summed E-state index contributed by atoms with van der Waals surface area (Å²) >= 11 is 0. The lowest BCUT2D eigenvalue weighted by atomic mass is 9.92. The predicted molar refractivity (Wildman–Crippen MR) is 178 cm³/mol. The Balaban J connectivity index is 0.000000624. The van der Waals surface area contributed by atoms with Crippen molar-refractivity contribution >= 4 is 50.6 Å². The number of aromatic nitrogens is 1. The fourth-order valence-electron chi connectivity index (χ4n) is 5.83. The number of fused-ring (bicyclic) bond motifs is 5. The van der Waals surface area contributed by atoms with E-state index in [1.54, 1.807) is 7.11 Å². The van der Waals surface area contributed by atoms with Crippen LogP contribution in [0, 0.1) is 0 Å². The Bertz CT molecular complexity index is 1640. The van der Waals surface area contributed by atoms with E-state index >= 15 is 0 Å². The minimum atomic E-state index is -1.25. The standard InChI is InChI=1S/C30H29N3O3.C2H6NS.C2H6/c1-17-26(16-36-2)24(29(35)15-34)13-28-30-25(14-33(17)28)22(10-18-6-8-21(31)9-7-18)23-11-19-4-3-5-20(19)12-27(23)32-30;1-4(2)3;1-2/h6-9,11-13,15,29,35H,1,3-5,10,14,16,31H2,2H3;1-3H2;1-2H3/q;-1;. The third kappa shape index (κ3) is 6.22. The molecule has 7 nitrogen and oxygen atoms in total. The van der Waals surface area contributed by atoms with Crippen LogP contribution in [0.1, 0.15) is 53.8 Å². The van der Waals surface area contributed by atoms with Gasteiger partial charge in [-0.15, -0.1) is 0 Å². The van der Waals surface area contributed by atoms with Crippen LogP contribution in [0.25, 0.3) is 16.6 Å². The Morgan fingerprint density at radius 2 is 1.81 bits per heavy atom. The van der Waals surface area contributed by atoms with Gasteiger partial charge in [-0.2, -0.15) is 0 Å². The Labute approximate surface area is 250 Å². The predicted octanol–water partition coefficient (Wildman–Crippen LogP) is 4.45. The Kier molecular flexibility index (Phi) is 10.1. The molecule has 0 spiro atoms. The number of ether oxygens (including phenoxy) is 1. The van der Waals surface area contributed by atoms with Crippen LogP contribution >= 0.6 is 0 Å². The lowest BCUT2D eigenvalue weighted by Gasteiger charge is -2.31. The number of nitrogen functional groups attached to an aromatic ring is 1. The average molecular weight is 586 g/mol. The first-order chi connectivity index (χ1) is 20.2. The lowest BCUT2D eigenvalue weighted by molar-refractivity contribution is -0.113. The van der Waals surface area contributed by atoms with Gasteiger partial charge in [0.2, 0.25) is 0 Å². The minimum Gasteiger partial charge on any atom is -0.429 e. The highest BCUT2D eigenvalue weighted by atomic mass is 32.2. The summed E-state index contributed by atoms with van der Waals surface area (Å²) in [5.74, 6) is 6.67. The number of aryl methyl sites for hydroxylation is 2. The van der Waals surface area contributed by atoms with E-state index in [9.17, 15) is 9.90 Å². The van der Waals surface area contributed by atoms with Gasteiger partial charge in [0.05, 0.1) is 30.1 Å². The Hall–Kier alpha value is -3.69. The molecule has 0 radical (unpaired) electrons. The summed E-state index contributed by atoms with van der Waals surface area (Å²) in [6.45, 7) is 9.22. The molecule has 8 heteroatoms. The maximum absolute atomic E-state index is 11.5. The highest BCUT2D eigenvalue weighted by Crippen LogP contribution is 2.45. The van der Waals surface area contributed by atoms with Gasteiger partial charge in [-0.1, -0.05) is 32.6 Å². The first-order valence-corrected chi connectivity index (χ1v) is 15.8. The molecule has 6 rings (SSSR count). The number of aldehydes is 1. The zero-order valence-corrected chi connectivity index (χ0v) is 25.6. The molecule has 42 heavy (non-hydrogen) atoms. The average Bonchev–Trinajstić information content (AvgIpc) is 3.59. The van der Waals surface area contributed by atoms with Crippen molar-refractivity contribution in [3.8, 4) is 0 Å². The molecule has 2 aromatic carbocycles. The van der Waals surface area contributed by atoms with E-state index in [1.165, 1.54) is 34.1 Å². The van der Waals surface area contributed by atoms with Crippen LogP contribution in [0.2, 0.25) is 0 Å². The van der Waals surface area contributed by atoms with Crippen LogP contribution in [0.4, 0.5) is 5.69 Å². The molecule has 1 atom stereocenters. The fraction of sp³-hybridized carbons (Fsp3) is 0.294. The zero-order valence-electron chi connectivity index (χ0n) is 24.8. The summed E-state index contributed by atoms with van der Waals surface area (Å²) in [6.07, 6.45) is 5.31. The van der Waals surface area contributed by atoms with Crippen molar-refractivity contribution in [1.82, 2.24) is 9.88 Å². The van der Waals surface area contributed by atoms with Gasteiger partial charge in [0.25, 0.3) is 0 Å². The molecule has 3 heterocycles. The molecular weight excluding hydrogens is 544 g/mol. The molecule has 0 amide bonds. The molecule has 3 aliphatic rings. The normalized spacial score (nSPS) is 15.7. The van der Waals surface area contributed by atoms with E-state index in [0.29, 0.717) is 18.4 Å². The molecule has 0 saturated heterocycles. The second-order valence-corrected chi connectivity index (χ2v) is 11.5. The largest absolute Gasteiger partial charge is 0.429 e. The van der Waals surface area contributed by atoms with E-state index in [4.69, 9.17) is 20.6 Å². The first-order valence-electron chi connectivity index (χ1n) is 14.2. The number of nitrogens with zero attached hydrogens (tertiary/aromatic N) is 2. The summed E-state index contributed by atoms with van der Waals surface area (Å²) in [7, 11) is 1.24. The number of carbonyl (C=O) groups excluding carboxylic acids is 1. The van der Waals surface area contributed by atoms with Crippen LogP contribution < -0.4 is 10.9 Å². The van der Waals surface area contributed by atoms with Crippen LogP contribution in [0.5, 0.6) is 0 Å². The molecule has 1 aliphatic carbocycles. The zero-order chi connectivity index (χ0) is 30.6. The summed E-state index contributed by atoms with van der Waals surface area (Å²) in [5, 5.41) is 16.6. The van der Waals surface area contributed by atoms with E-state index < -0.39 is 6.10 Å². The molecular formula is C34H41N4O3S-. The smallest absolute Gasteiger partial charge is 0.153 e. The molecule has 3 aromatic rings. The van der Waals surface area contributed by atoms with Crippen molar-refractivity contribution in [2.24, 2.45) is 5.14 Å². The number of aliphatic hydroxyl groups excluding tert-OH is 1. The summed E-state index contributed by atoms with van der Waals surface area (Å²) in [6, 6.07) is 12.6. The number of hydrogen-bond acceptors (Lipinski definition) is 8. The van der Waals surface area contributed by atoms with Gasteiger partial charge in [-0.3, -0.25) is 0 Å². The van der Waals surface area contributed by atoms with E-state index in [0.717, 1.165) is 58.7 Å². The molecule has 2 aliphatic heterocycles. The van der Waals surface area contributed by atoms with Crippen molar-refractivity contribution in [2.75, 3.05) is 19.5 Å². The third-order valence-electron chi connectivity index (χ3n) is 7.68. The number of carbonyl (C=O) groups is 1. The summed E-state index contributed by atoms with van der Waals surface area (Å²) < 4.78 is 5.40. The molecule has 222 valence electrons. The van der Waals surface area contributed by atoms with Gasteiger partial charge < -0.3 is 40.7 Å². The molecule has 1 aromatic heterocycles. The number of hydrogen-bond donors (Lipinski definition) is 3. The second-order valence-electron chi connectivity index (χ2n) is 10.4. The third-order valence-corrected chi connectivity index (χ3v) is 7.68. The summed E-state index contributed by atoms with van der Waals surface area (Å²) in [5.41, 5.74) is 17.8. The van der Waals surface area contributed by atoms with E-state index in [1.807, 2.05) is 32.1 Å². The highest BCUT2D eigenvalue weighted by Gasteiger charge is 2.36. The number of aliphatic hydroxyl groups is 1. The highest BCUT2D eigenvalue weighted by molar-refractivity contribution is 7.89. The summed E-state index contributed by atoms with van der Waals surface area (Å²) in [4.78, 5) is 18.8. The molecule has 0 fully saturated rings. The van der Waals surface area contributed by atoms with Gasteiger partial charge in [0, 0.05) is 35.0 Å². The Morgan fingerprint density at radius 1 is 1.17 bits per heavy atom. The van der Waals surface area contributed by atoms with Crippen molar-refractivity contribution in [3.05, 3.63) is 99.4 Å². The van der Waals surface area contributed by atoms with Crippen LogP contribution in [-0.2, 0) is 45.6 Å². The van der Waals surface area contributed by atoms with Crippen molar-refractivity contribution in [2.45, 2.75) is 52.2 Å².